The van der Waals surface area contributed by atoms with Crippen molar-refractivity contribution >= 4 is 11.6 Å². The highest BCUT2D eigenvalue weighted by molar-refractivity contribution is 5.90. The Morgan fingerprint density at radius 2 is 1.77 bits per heavy atom. The number of carbonyl (C=O) groups is 1. The number of hydrogen-bond acceptors (Lipinski definition) is 3. The molecule has 0 radical (unpaired) electrons. The maximum atomic E-state index is 12.1. The van der Waals surface area contributed by atoms with E-state index in [4.69, 9.17) is 4.74 Å². The average Bonchev–Trinajstić information content (AvgIpc) is 2.69. The summed E-state index contributed by atoms with van der Waals surface area (Å²) in [6.07, 6.45) is 4.14. The minimum absolute atomic E-state index is 0.0709. The van der Waals surface area contributed by atoms with Crippen LogP contribution in [0.25, 0.3) is 0 Å². The molecule has 2 aromatic rings. The molecule has 0 unspecified atom stereocenters. The van der Waals surface area contributed by atoms with E-state index in [1.54, 1.807) is 7.11 Å². The minimum atomic E-state index is 0.0709. The van der Waals surface area contributed by atoms with Gasteiger partial charge in [0.25, 0.3) is 0 Å². The molecule has 4 nitrogen and oxygen atoms in total. The number of nitrogens with zero attached hydrogens (tertiary/aromatic N) is 1. The Hall–Kier alpha value is -2.33. The zero-order chi connectivity index (χ0) is 18.2. The lowest BCUT2D eigenvalue weighted by Crippen LogP contribution is -2.36. The van der Waals surface area contributed by atoms with E-state index in [1.807, 2.05) is 24.3 Å². The fourth-order valence-corrected chi connectivity index (χ4v) is 3.52. The first-order chi connectivity index (χ1) is 12.7. The van der Waals surface area contributed by atoms with Gasteiger partial charge in [-0.05, 0) is 68.1 Å². The van der Waals surface area contributed by atoms with Crippen molar-refractivity contribution in [2.75, 3.05) is 32.1 Å². The molecule has 1 aliphatic heterocycles. The van der Waals surface area contributed by atoms with Gasteiger partial charge in [0.2, 0.25) is 5.91 Å². The van der Waals surface area contributed by atoms with Crippen molar-refractivity contribution in [2.24, 2.45) is 5.92 Å². The number of nitrogens with one attached hydrogen (secondary N) is 1. The molecular formula is C22H28N2O2. The smallest absolute Gasteiger partial charge is 0.225 e. The highest BCUT2D eigenvalue weighted by Gasteiger charge is 2.19. The average molecular weight is 352 g/mol. The zero-order valence-electron chi connectivity index (χ0n) is 15.5. The number of piperidine rings is 1. The van der Waals surface area contributed by atoms with Gasteiger partial charge in [-0.15, -0.1) is 0 Å². The molecule has 0 spiro atoms. The summed E-state index contributed by atoms with van der Waals surface area (Å²) >= 11 is 0. The molecule has 4 heteroatoms. The number of ether oxygens (including phenoxy) is 1. The van der Waals surface area contributed by atoms with E-state index in [2.05, 4.69) is 40.5 Å². The van der Waals surface area contributed by atoms with Gasteiger partial charge >= 0.3 is 0 Å². The van der Waals surface area contributed by atoms with Crippen LogP contribution in [0.3, 0.4) is 0 Å². The molecule has 1 fully saturated rings. The quantitative estimate of drug-likeness (QED) is 0.819. The topological polar surface area (TPSA) is 41.6 Å². The van der Waals surface area contributed by atoms with Gasteiger partial charge in [0, 0.05) is 18.7 Å². The molecule has 2 aromatic carbocycles. The van der Waals surface area contributed by atoms with Crippen LogP contribution in [-0.4, -0.2) is 37.6 Å². The Morgan fingerprint density at radius 1 is 1.08 bits per heavy atom. The largest absolute Gasteiger partial charge is 0.497 e. The van der Waals surface area contributed by atoms with E-state index >= 15 is 0 Å². The SMILES string of the molecule is COc1ccc(NC(=O)CCN2CCC(Cc3ccccc3)CC2)cc1. The first kappa shape index (κ1) is 18.5. The van der Waals surface area contributed by atoms with Crippen LogP contribution in [-0.2, 0) is 11.2 Å². The van der Waals surface area contributed by atoms with Gasteiger partial charge in [-0.1, -0.05) is 30.3 Å². The lowest BCUT2D eigenvalue weighted by molar-refractivity contribution is -0.116. The number of anilines is 1. The summed E-state index contributed by atoms with van der Waals surface area (Å²) in [5.74, 6) is 1.63. The number of methoxy groups -OCH3 is 1. The van der Waals surface area contributed by atoms with Gasteiger partial charge < -0.3 is 15.0 Å². The van der Waals surface area contributed by atoms with Crippen LogP contribution in [0.1, 0.15) is 24.8 Å². The van der Waals surface area contributed by atoms with Gasteiger partial charge in [-0.25, -0.2) is 0 Å². The molecule has 0 bridgehead atoms. The third-order valence-electron chi connectivity index (χ3n) is 5.10. The number of hydrogen-bond donors (Lipinski definition) is 1. The Balaban J connectivity index is 1.35. The molecule has 3 rings (SSSR count). The number of likely N-dealkylation sites (tertiary alicyclic amines) is 1. The van der Waals surface area contributed by atoms with E-state index in [1.165, 1.54) is 24.8 Å². The highest BCUT2D eigenvalue weighted by Crippen LogP contribution is 2.22. The molecule has 1 amide bonds. The second-order valence-electron chi connectivity index (χ2n) is 7.00. The molecular weight excluding hydrogens is 324 g/mol. The van der Waals surface area contributed by atoms with Crippen LogP contribution in [0.5, 0.6) is 5.75 Å². The second kappa shape index (κ2) is 9.39. The fraction of sp³-hybridized carbons (Fsp3) is 0.409. The minimum Gasteiger partial charge on any atom is -0.497 e. The number of amides is 1. The van der Waals surface area contributed by atoms with Crippen molar-refractivity contribution < 1.29 is 9.53 Å². The van der Waals surface area contributed by atoms with Crippen molar-refractivity contribution in [3.05, 3.63) is 60.2 Å². The Kier molecular flexibility index (Phi) is 6.67. The van der Waals surface area contributed by atoms with Crippen molar-refractivity contribution in [3.8, 4) is 5.75 Å². The van der Waals surface area contributed by atoms with Gasteiger partial charge in [-0.2, -0.15) is 0 Å². The molecule has 1 N–H and O–H groups in total. The molecule has 1 saturated heterocycles. The van der Waals surface area contributed by atoms with E-state index in [-0.39, 0.29) is 5.91 Å². The third-order valence-corrected chi connectivity index (χ3v) is 5.10. The fourth-order valence-electron chi connectivity index (χ4n) is 3.52. The second-order valence-corrected chi connectivity index (χ2v) is 7.00. The summed E-state index contributed by atoms with van der Waals surface area (Å²) in [7, 11) is 1.64. The summed E-state index contributed by atoms with van der Waals surface area (Å²) in [4.78, 5) is 14.6. The van der Waals surface area contributed by atoms with Crippen LogP contribution < -0.4 is 10.1 Å². The number of rotatable bonds is 7. The molecule has 0 atom stereocenters. The van der Waals surface area contributed by atoms with E-state index < -0.39 is 0 Å². The zero-order valence-corrected chi connectivity index (χ0v) is 15.5. The van der Waals surface area contributed by atoms with Crippen molar-refractivity contribution in [1.29, 1.82) is 0 Å². The molecule has 0 aliphatic carbocycles. The van der Waals surface area contributed by atoms with Crippen molar-refractivity contribution in [2.45, 2.75) is 25.7 Å². The Morgan fingerprint density at radius 3 is 2.42 bits per heavy atom. The Bertz CT molecular complexity index is 677. The molecule has 1 heterocycles. The van der Waals surface area contributed by atoms with Gasteiger partial charge in [0.1, 0.15) is 5.75 Å². The molecule has 26 heavy (non-hydrogen) atoms. The maximum absolute atomic E-state index is 12.1. The summed E-state index contributed by atoms with van der Waals surface area (Å²) < 4.78 is 5.13. The van der Waals surface area contributed by atoms with Gasteiger partial charge in [-0.3, -0.25) is 4.79 Å². The van der Waals surface area contributed by atoms with Gasteiger partial charge in [0.15, 0.2) is 0 Å². The van der Waals surface area contributed by atoms with Gasteiger partial charge in [0.05, 0.1) is 7.11 Å². The normalized spacial score (nSPS) is 15.6. The summed E-state index contributed by atoms with van der Waals surface area (Å²) in [6.45, 7) is 3.01. The van der Waals surface area contributed by atoms with Crippen LogP contribution >= 0.6 is 0 Å². The summed E-state index contributed by atoms with van der Waals surface area (Å²) in [5, 5.41) is 2.95. The molecule has 1 aliphatic rings. The van der Waals surface area contributed by atoms with E-state index in [9.17, 15) is 4.79 Å². The van der Waals surface area contributed by atoms with Crippen LogP contribution in [0.4, 0.5) is 5.69 Å². The van der Waals surface area contributed by atoms with Crippen molar-refractivity contribution in [1.82, 2.24) is 4.90 Å². The van der Waals surface area contributed by atoms with Crippen LogP contribution in [0.15, 0.2) is 54.6 Å². The van der Waals surface area contributed by atoms with Crippen LogP contribution in [0.2, 0.25) is 0 Å². The Labute approximate surface area is 156 Å². The summed E-state index contributed by atoms with van der Waals surface area (Å²) in [5.41, 5.74) is 2.25. The van der Waals surface area contributed by atoms with Crippen molar-refractivity contribution in [3.63, 3.8) is 0 Å². The van der Waals surface area contributed by atoms with Crippen LogP contribution in [0, 0.1) is 5.92 Å². The third kappa shape index (κ3) is 5.60. The molecule has 0 aromatic heterocycles. The summed E-state index contributed by atoms with van der Waals surface area (Å²) in [6, 6.07) is 18.2. The monoisotopic (exact) mass is 352 g/mol. The molecule has 138 valence electrons. The first-order valence-corrected chi connectivity index (χ1v) is 9.43. The maximum Gasteiger partial charge on any atom is 0.225 e. The molecule has 0 saturated carbocycles. The predicted octanol–water partition coefficient (Wildman–Crippen LogP) is 3.98. The predicted molar refractivity (Wildman–Crippen MR) is 106 cm³/mol. The first-order valence-electron chi connectivity index (χ1n) is 9.43. The lowest BCUT2D eigenvalue weighted by Gasteiger charge is -2.31. The number of carbonyl (C=O) groups excluding carboxylic acids is 1. The standard InChI is InChI=1S/C22H28N2O2/c1-26-21-9-7-20(8-10-21)23-22(25)13-16-24-14-11-19(12-15-24)17-18-5-3-2-4-6-18/h2-10,19H,11-17H2,1H3,(H,23,25). The van der Waals surface area contributed by atoms with E-state index in [0.717, 1.165) is 37.0 Å². The van der Waals surface area contributed by atoms with E-state index in [0.29, 0.717) is 6.42 Å². The highest BCUT2D eigenvalue weighted by atomic mass is 16.5. The lowest BCUT2D eigenvalue weighted by atomic mass is 9.90. The number of benzene rings is 2.